The molecule has 0 aliphatic heterocycles. The Morgan fingerprint density at radius 2 is 2.09 bits per heavy atom. The van der Waals surface area contributed by atoms with Gasteiger partial charge in [0.25, 0.3) is 0 Å². The molecule has 0 fully saturated rings. The number of carbonyl (C=O) groups excluding carboxylic acids is 2. The average Bonchev–Trinajstić information content (AvgIpc) is 3.15. The van der Waals surface area contributed by atoms with Gasteiger partial charge in [-0.1, -0.05) is 12.2 Å². The second-order valence-electron chi connectivity index (χ2n) is 5.38. The summed E-state index contributed by atoms with van der Waals surface area (Å²) in [7, 11) is 0. The SMILES string of the molecule is O=C(Nc1ccc2[nH]ccc2c1)C(=O)N[C@@H]1C=C[C@H](CO)C1. The van der Waals surface area contributed by atoms with E-state index in [2.05, 4.69) is 15.6 Å². The minimum absolute atomic E-state index is 0.0457. The molecule has 0 saturated heterocycles. The topological polar surface area (TPSA) is 94.2 Å². The van der Waals surface area contributed by atoms with E-state index < -0.39 is 11.8 Å². The number of nitrogens with one attached hydrogen (secondary N) is 3. The lowest BCUT2D eigenvalue weighted by atomic mass is 10.1. The van der Waals surface area contributed by atoms with E-state index in [-0.39, 0.29) is 18.6 Å². The van der Waals surface area contributed by atoms with Crippen molar-refractivity contribution in [3.63, 3.8) is 0 Å². The van der Waals surface area contributed by atoms with E-state index in [4.69, 9.17) is 5.11 Å². The molecule has 0 unspecified atom stereocenters. The van der Waals surface area contributed by atoms with Crippen molar-refractivity contribution in [3.8, 4) is 0 Å². The zero-order chi connectivity index (χ0) is 15.5. The Kier molecular flexibility index (Phi) is 3.93. The van der Waals surface area contributed by atoms with Crippen molar-refractivity contribution >= 4 is 28.4 Å². The third kappa shape index (κ3) is 3.01. The lowest BCUT2D eigenvalue weighted by Crippen LogP contribution is -2.40. The largest absolute Gasteiger partial charge is 0.396 e. The van der Waals surface area contributed by atoms with E-state index in [0.717, 1.165) is 10.9 Å². The van der Waals surface area contributed by atoms with Crippen molar-refractivity contribution in [1.29, 1.82) is 0 Å². The summed E-state index contributed by atoms with van der Waals surface area (Å²) in [6, 6.07) is 7.07. The minimum Gasteiger partial charge on any atom is -0.396 e. The molecule has 1 aliphatic rings. The van der Waals surface area contributed by atoms with Crippen molar-refractivity contribution in [3.05, 3.63) is 42.6 Å². The minimum atomic E-state index is -0.698. The van der Waals surface area contributed by atoms with E-state index in [1.54, 1.807) is 18.2 Å². The first-order chi connectivity index (χ1) is 10.7. The van der Waals surface area contributed by atoms with E-state index in [1.807, 2.05) is 24.4 Å². The number of hydrogen-bond donors (Lipinski definition) is 4. The fourth-order valence-electron chi connectivity index (χ4n) is 2.57. The van der Waals surface area contributed by atoms with Crippen LogP contribution in [0.4, 0.5) is 5.69 Å². The summed E-state index contributed by atoms with van der Waals surface area (Å²) in [5.41, 5.74) is 1.54. The summed E-state index contributed by atoms with van der Waals surface area (Å²) in [4.78, 5) is 26.9. The Hall–Kier alpha value is -2.60. The van der Waals surface area contributed by atoms with Crippen LogP contribution in [0.25, 0.3) is 10.9 Å². The summed E-state index contributed by atoms with van der Waals surface area (Å²) in [6.07, 6.45) is 6.08. The molecule has 2 aromatic rings. The number of benzene rings is 1. The predicted molar refractivity (Wildman–Crippen MR) is 83.2 cm³/mol. The summed E-state index contributed by atoms with van der Waals surface area (Å²) < 4.78 is 0. The number of rotatable bonds is 3. The molecule has 0 spiro atoms. The number of hydrogen-bond acceptors (Lipinski definition) is 3. The monoisotopic (exact) mass is 299 g/mol. The van der Waals surface area contributed by atoms with Crippen LogP contribution in [0.1, 0.15) is 6.42 Å². The summed E-state index contributed by atoms with van der Waals surface area (Å²) in [5.74, 6) is -1.33. The first-order valence-corrected chi connectivity index (χ1v) is 7.14. The maximum absolute atomic E-state index is 11.9. The lowest BCUT2D eigenvalue weighted by Gasteiger charge is -2.12. The van der Waals surface area contributed by atoms with Crippen LogP contribution < -0.4 is 10.6 Å². The van der Waals surface area contributed by atoms with Crippen LogP contribution in [-0.4, -0.2) is 34.6 Å². The van der Waals surface area contributed by atoms with Gasteiger partial charge in [0, 0.05) is 41.4 Å². The van der Waals surface area contributed by atoms with Crippen LogP contribution in [0.5, 0.6) is 0 Å². The Morgan fingerprint density at radius 3 is 2.86 bits per heavy atom. The second-order valence-corrected chi connectivity index (χ2v) is 5.38. The molecule has 0 saturated carbocycles. The maximum atomic E-state index is 11.9. The van der Waals surface area contributed by atoms with Crippen LogP contribution in [0, 0.1) is 5.92 Å². The molecule has 6 nitrogen and oxygen atoms in total. The van der Waals surface area contributed by atoms with Gasteiger partial charge in [-0.05, 0) is 30.7 Å². The molecule has 0 bridgehead atoms. The van der Waals surface area contributed by atoms with E-state index >= 15 is 0 Å². The van der Waals surface area contributed by atoms with Crippen LogP contribution in [0.3, 0.4) is 0 Å². The Bertz CT molecular complexity index is 735. The van der Waals surface area contributed by atoms with Crippen molar-refractivity contribution in [1.82, 2.24) is 10.3 Å². The Morgan fingerprint density at radius 1 is 1.23 bits per heavy atom. The van der Waals surface area contributed by atoms with Gasteiger partial charge in [-0.3, -0.25) is 9.59 Å². The first kappa shape index (κ1) is 14.3. The lowest BCUT2D eigenvalue weighted by molar-refractivity contribution is -0.136. The zero-order valence-electron chi connectivity index (χ0n) is 11.9. The Labute approximate surface area is 127 Å². The fraction of sp³-hybridized carbons (Fsp3) is 0.250. The third-order valence-electron chi connectivity index (χ3n) is 3.74. The molecule has 114 valence electrons. The highest BCUT2D eigenvalue weighted by Crippen LogP contribution is 2.18. The number of H-pyrrole nitrogens is 1. The molecular formula is C16H17N3O3. The molecule has 1 aliphatic carbocycles. The standard InChI is InChI=1S/C16H17N3O3/c20-9-10-1-2-12(7-10)18-15(21)16(22)19-13-3-4-14-11(8-13)5-6-17-14/h1-6,8,10,12,17,20H,7,9H2,(H,18,21)(H,19,22)/t10-,12+/m0/s1. The number of aromatic nitrogens is 1. The van der Waals surface area contributed by atoms with Crippen LogP contribution in [-0.2, 0) is 9.59 Å². The molecule has 1 aromatic carbocycles. The normalized spacial score (nSPS) is 20.2. The summed E-state index contributed by atoms with van der Waals surface area (Å²) in [5, 5.41) is 15.2. The highest BCUT2D eigenvalue weighted by molar-refractivity contribution is 6.39. The second kappa shape index (κ2) is 6.03. The molecule has 3 rings (SSSR count). The molecule has 4 N–H and O–H groups in total. The zero-order valence-corrected chi connectivity index (χ0v) is 11.9. The van der Waals surface area contributed by atoms with Crippen LogP contribution in [0.2, 0.25) is 0 Å². The van der Waals surface area contributed by atoms with E-state index in [9.17, 15) is 9.59 Å². The maximum Gasteiger partial charge on any atom is 0.313 e. The molecule has 2 atom stereocenters. The first-order valence-electron chi connectivity index (χ1n) is 7.14. The van der Waals surface area contributed by atoms with Gasteiger partial charge in [-0.15, -0.1) is 0 Å². The van der Waals surface area contributed by atoms with Crippen LogP contribution in [0.15, 0.2) is 42.6 Å². The number of anilines is 1. The van der Waals surface area contributed by atoms with Crippen molar-refractivity contribution in [2.45, 2.75) is 12.5 Å². The van der Waals surface area contributed by atoms with Crippen molar-refractivity contribution in [2.24, 2.45) is 5.92 Å². The molecule has 1 heterocycles. The smallest absolute Gasteiger partial charge is 0.313 e. The number of fused-ring (bicyclic) bond motifs is 1. The van der Waals surface area contributed by atoms with Gasteiger partial charge in [0.15, 0.2) is 0 Å². The average molecular weight is 299 g/mol. The molecular weight excluding hydrogens is 282 g/mol. The number of aliphatic hydroxyl groups is 1. The van der Waals surface area contributed by atoms with Crippen LogP contribution >= 0.6 is 0 Å². The van der Waals surface area contributed by atoms with Gasteiger partial charge in [0.05, 0.1) is 0 Å². The molecule has 2 amide bonds. The van der Waals surface area contributed by atoms with Gasteiger partial charge >= 0.3 is 11.8 Å². The number of aromatic amines is 1. The van der Waals surface area contributed by atoms with Gasteiger partial charge in [-0.2, -0.15) is 0 Å². The summed E-state index contributed by atoms with van der Waals surface area (Å²) >= 11 is 0. The highest BCUT2D eigenvalue weighted by Gasteiger charge is 2.22. The van der Waals surface area contributed by atoms with Crippen molar-refractivity contribution in [2.75, 3.05) is 11.9 Å². The van der Waals surface area contributed by atoms with E-state index in [1.165, 1.54) is 0 Å². The number of aliphatic hydroxyl groups excluding tert-OH is 1. The van der Waals surface area contributed by atoms with Gasteiger partial charge in [0.1, 0.15) is 0 Å². The van der Waals surface area contributed by atoms with Crippen molar-refractivity contribution < 1.29 is 14.7 Å². The molecule has 0 radical (unpaired) electrons. The molecule has 22 heavy (non-hydrogen) atoms. The third-order valence-corrected chi connectivity index (χ3v) is 3.74. The highest BCUT2D eigenvalue weighted by atomic mass is 16.3. The predicted octanol–water partition coefficient (Wildman–Crippen LogP) is 1.16. The number of carbonyl (C=O) groups is 2. The molecule has 6 heteroatoms. The number of amides is 2. The summed E-state index contributed by atoms with van der Waals surface area (Å²) in [6.45, 7) is 0.0474. The Balaban J connectivity index is 1.59. The van der Waals surface area contributed by atoms with E-state index in [0.29, 0.717) is 12.1 Å². The van der Waals surface area contributed by atoms with Gasteiger partial charge in [0.2, 0.25) is 0 Å². The molecule has 1 aromatic heterocycles. The fourth-order valence-corrected chi connectivity index (χ4v) is 2.57. The van der Waals surface area contributed by atoms with Gasteiger partial charge in [-0.25, -0.2) is 0 Å². The van der Waals surface area contributed by atoms with Gasteiger partial charge < -0.3 is 20.7 Å². The quantitative estimate of drug-likeness (QED) is 0.506.